The number of guanidine groups is 1. The third-order valence-electron chi connectivity index (χ3n) is 4.43. The second-order valence-corrected chi connectivity index (χ2v) is 6.97. The van der Waals surface area contributed by atoms with Gasteiger partial charge in [0.25, 0.3) is 0 Å². The van der Waals surface area contributed by atoms with Gasteiger partial charge < -0.3 is 24.6 Å². The van der Waals surface area contributed by atoms with Gasteiger partial charge in [0.1, 0.15) is 5.75 Å². The fraction of sp³-hybridized carbons (Fsp3) is 0.650. The molecule has 1 aliphatic rings. The van der Waals surface area contributed by atoms with E-state index in [4.69, 9.17) is 9.47 Å². The van der Waals surface area contributed by atoms with Crippen molar-refractivity contribution in [3.8, 4) is 5.75 Å². The number of piperazine rings is 1. The molecule has 1 aromatic rings. The summed E-state index contributed by atoms with van der Waals surface area (Å²) in [5.41, 5.74) is 1.25. The number of hydrogen-bond acceptors (Lipinski definition) is 4. The van der Waals surface area contributed by atoms with Gasteiger partial charge in [-0.15, -0.1) is 24.0 Å². The maximum atomic E-state index is 5.63. The monoisotopic (exact) mass is 490 g/mol. The van der Waals surface area contributed by atoms with E-state index in [2.05, 4.69) is 46.1 Å². The van der Waals surface area contributed by atoms with E-state index in [9.17, 15) is 0 Å². The van der Waals surface area contributed by atoms with Crippen LogP contribution in [0.5, 0.6) is 5.75 Å². The summed E-state index contributed by atoms with van der Waals surface area (Å²) in [5.74, 6) is 2.48. The highest BCUT2D eigenvalue weighted by Gasteiger charge is 2.19. The molecule has 0 bridgehead atoms. The molecule has 7 heteroatoms. The molecular weight excluding hydrogens is 455 g/mol. The maximum Gasteiger partial charge on any atom is 0.193 e. The van der Waals surface area contributed by atoms with E-state index in [0.717, 1.165) is 64.1 Å². The molecule has 0 aliphatic carbocycles. The van der Waals surface area contributed by atoms with Gasteiger partial charge >= 0.3 is 0 Å². The Balaban J connectivity index is 0.00000364. The highest BCUT2D eigenvalue weighted by Crippen LogP contribution is 2.20. The first-order valence-corrected chi connectivity index (χ1v) is 9.56. The molecule has 1 aliphatic heterocycles. The van der Waals surface area contributed by atoms with Crippen LogP contribution >= 0.6 is 24.0 Å². The molecule has 0 radical (unpaired) electrons. The van der Waals surface area contributed by atoms with Crippen molar-refractivity contribution in [3.63, 3.8) is 0 Å². The zero-order valence-corrected chi connectivity index (χ0v) is 19.4. The Labute approximate surface area is 181 Å². The lowest BCUT2D eigenvalue weighted by atomic mass is 10.2. The van der Waals surface area contributed by atoms with E-state index >= 15 is 0 Å². The van der Waals surface area contributed by atoms with Gasteiger partial charge in [0.05, 0.1) is 7.11 Å². The van der Waals surface area contributed by atoms with Gasteiger partial charge in [-0.1, -0.05) is 13.8 Å². The normalized spacial score (nSPS) is 14.9. The van der Waals surface area contributed by atoms with E-state index in [-0.39, 0.29) is 24.0 Å². The van der Waals surface area contributed by atoms with Crippen molar-refractivity contribution < 1.29 is 9.47 Å². The number of halogens is 1. The van der Waals surface area contributed by atoms with E-state index in [1.165, 1.54) is 5.69 Å². The number of anilines is 1. The van der Waals surface area contributed by atoms with Crippen LogP contribution in [0.4, 0.5) is 5.69 Å². The van der Waals surface area contributed by atoms with Gasteiger partial charge in [-0.25, -0.2) is 0 Å². The van der Waals surface area contributed by atoms with Crippen LogP contribution in [0.3, 0.4) is 0 Å². The molecular formula is C20H35IN4O2. The first-order chi connectivity index (χ1) is 12.6. The van der Waals surface area contributed by atoms with Crippen LogP contribution in [0, 0.1) is 5.92 Å². The molecule has 1 heterocycles. The van der Waals surface area contributed by atoms with Crippen LogP contribution in [0.25, 0.3) is 0 Å². The largest absolute Gasteiger partial charge is 0.497 e. The first-order valence-electron chi connectivity index (χ1n) is 9.56. The summed E-state index contributed by atoms with van der Waals surface area (Å²) in [6.45, 7) is 10.8. The van der Waals surface area contributed by atoms with Crippen LogP contribution in [-0.2, 0) is 4.74 Å². The van der Waals surface area contributed by atoms with E-state index in [1.807, 2.05) is 19.2 Å². The molecule has 6 nitrogen and oxygen atoms in total. The summed E-state index contributed by atoms with van der Waals surface area (Å²) in [5, 5.41) is 3.46. The van der Waals surface area contributed by atoms with Gasteiger partial charge in [-0.05, 0) is 36.6 Å². The van der Waals surface area contributed by atoms with E-state index in [1.54, 1.807) is 7.11 Å². The summed E-state index contributed by atoms with van der Waals surface area (Å²) in [4.78, 5) is 9.17. The van der Waals surface area contributed by atoms with Crippen molar-refractivity contribution in [3.05, 3.63) is 24.3 Å². The number of hydrogen-bond donors (Lipinski definition) is 1. The average Bonchev–Trinajstić information content (AvgIpc) is 2.67. The van der Waals surface area contributed by atoms with Crippen molar-refractivity contribution in [1.82, 2.24) is 10.2 Å². The number of methoxy groups -OCH3 is 1. The molecule has 0 atom stereocenters. The molecule has 1 saturated heterocycles. The highest BCUT2D eigenvalue weighted by molar-refractivity contribution is 14.0. The quantitative estimate of drug-likeness (QED) is 0.263. The summed E-state index contributed by atoms with van der Waals surface area (Å²) < 4.78 is 10.9. The second-order valence-electron chi connectivity index (χ2n) is 6.97. The van der Waals surface area contributed by atoms with Gasteiger partial charge in [-0.2, -0.15) is 0 Å². The van der Waals surface area contributed by atoms with Crippen LogP contribution in [-0.4, -0.2) is 71.0 Å². The Morgan fingerprint density at radius 1 is 1.15 bits per heavy atom. The van der Waals surface area contributed by atoms with E-state index in [0.29, 0.717) is 5.92 Å². The average molecular weight is 490 g/mol. The van der Waals surface area contributed by atoms with Gasteiger partial charge in [0.15, 0.2) is 5.96 Å². The number of nitrogens with zero attached hydrogens (tertiary/aromatic N) is 3. The molecule has 27 heavy (non-hydrogen) atoms. The molecule has 154 valence electrons. The smallest absolute Gasteiger partial charge is 0.193 e. The van der Waals surface area contributed by atoms with Crippen molar-refractivity contribution in [1.29, 1.82) is 0 Å². The minimum atomic E-state index is 0. The molecule has 0 spiro atoms. The lowest BCUT2D eigenvalue weighted by molar-refractivity contribution is 0.108. The molecule has 0 saturated carbocycles. The second kappa shape index (κ2) is 13.0. The fourth-order valence-electron chi connectivity index (χ4n) is 3.00. The summed E-state index contributed by atoms with van der Waals surface area (Å²) in [6.07, 6.45) is 0.998. The molecule has 1 aromatic carbocycles. The number of ether oxygens (including phenoxy) is 2. The van der Waals surface area contributed by atoms with Crippen molar-refractivity contribution in [2.24, 2.45) is 10.9 Å². The maximum absolute atomic E-state index is 5.63. The number of benzene rings is 1. The summed E-state index contributed by atoms with van der Waals surface area (Å²) in [6, 6.07) is 8.28. The van der Waals surface area contributed by atoms with Crippen LogP contribution in [0.15, 0.2) is 29.3 Å². The first kappa shape index (κ1) is 23.8. The molecule has 0 amide bonds. The lowest BCUT2D eigenvalue weighted by Crippen LogP contribution is -2.52. The zero-order valence-electron chi connectivity index (χ0n) is 17.1. The van der Waals surface area contributed by atoms with E-state index < -0.39 is 0 Å². The van der Waals surface area contributed by atoms with Gasteiger partial charge in [0, 0.05) is 58.7 Å². The fourth-order valence-corrected chi connectivity index (χ4v) is 3.00. The molecule has 0 unspecified atom stereocenters. The Morgan fingerprint density at radius 3 is 2.37 bits per heavy atom. The molecule has 1 fully saturated rings. The van der Waals surface area contributed by atoms with Crippen LogP contribution in [0.2, 0.25) is 0 Å². The van der Waals surface area contributed by atoms with Crippen LogP contribution < -0.4 is 15.0 Å². The molecule has 2 rings (SSSR count). The Morgan fingerprint density at radius 2 is 1.81 bits per heavy atom. The predicted molar refractivity (Wildman–Crippen MR) is 124 cm³/mol. The molecule has 0 aromatic heterocycles. The van der Waals surface area contributed by atoms with Gasteiger partial charge in [-0.3, -0.25) is 4.99 Å². The summed E-state index contributed by atoms with van der Waals surface area (Å²) >= 11 is 0. The standard InChI is InChI=1S/C20H34N4O2.HI/c1-17(2)16-26-15-5-10-22-20(21-3)24-13-11-23(12-14-24)18-6-8-19(25-4)9-7-18;/h6-9,17H,5,10-16H2,1-4H3,(H,21,22);1H. The minimum absolute atomic E-state index is 0. The Bertz CT molecular complexity index is 543. The summed E-state index contributed by atoms with van der Waals surface area (Å²) in [7, 11) is 3.55. The predicted octanol–water partition coefficient (Wildman–Crippen LogP) is 3.07. The van der Waals surface area contributed by atoms with Gasteiger partial charge in [0.2, 0.25) is 0 Å². The molecule has 1 N–H and O–H groups in total. The number of nitrogens with one attached hydrogen (secondary N) is 1. The third-order valence-corrected chi connectivity index (χ3v) is 4.43. The zero-order chi connectivity index (χ0) is 18.8. The third kappa shape index (κ3) is 8.13. The lowest BCUT2D eigenvalue weighted by Gasteiger charge is -2.37. The highest BCUT2D eigenvalue weighted by atomic mass is 127. The van der Waals surface area contributed by atoms with Crippen LogP contribution in [0.1, 0.15) is 20.3 Å². The number of rotatable bonds is 8. The van der Waals surface area contributed by atoms with Crippen molar-refractivity contribution in [2.45, 2.75) is 20.3 Å². The van der Waals surface area contributed by atoms with Crippen molar-refractivity contribution in [2.75, 3.05) is 65.0 Å². The Kier molecular flexibility index (Phi) is 11.5. The SMILES string of the molecule is CN=C(NCCCOCC(C)C)N1CCN(c2ccc(OC)cc2)CC1.I. The van der Waals surface area contributed by atoms with Crippen molar-refractivity contribution >= 4 is 35.6 Å². The number of aliphatic imine (C=N–C) groups is 1. The topological polar surface area (TPSA) is 49.3 Å². The minimum Gasteiger partial charge on any atom is -0.497 e. The Hall–Kier alpha value is -1.22.